The van der Waals surface area contributed by atoms with Gasteiger partial charge in [-0.25, -0.2) is 9.78 Å². The molecule has 0 spiro atoms. The molecule has 8 nitrogen and oxygen atoms in total. The molecule has 0 aromatic carbocycles. The van der Waals surface area contributed by atoms with Crippen LogP contribution in [0.25, 0.3) is 16.6 Å². The Morgan fingerprint density at radius 2 is 1.91 bits per heavy atom. The van der Waals surface area contributed by atoms with Crippen LogP contribution in [0, 0.1) is 0 Å². The van der Waals surface area contributed by atoms with E-state index in [4.69, 9.17) is 5.73 Å². The van der Waals surface area contributed by atoms with Crippen LogP contribution in [0.15, 0.2) is 30.6 Å². The number of nitrogens with zero attached hydrogens (tertiary/aromatic N) is 3. The molecule has 1 saturated carbocycles. The Morgan fingerprint density at radius 1 is 1.15 bits per heavy atom. The average Bonchev–Trinajstić information content (AvgIpc) is 3.32. The van der Waals surface area contributed by atoms with E-state index >= 15 is 0 Å². The van der Waals surface area contributed by atoms with E-state index in [1.165, 1.54) is 12.8 Å². The molecular weight excluding hydrogens is 414 g/mol. The zero-order valence-corrected chi connectivity index (χ0v) is 19.8. The summed E-state index contributed by atoms with van der Waals surface area (Å²) in [6.45, 7) is 7.15. The second-order valence-corrected chi connectivity index (χ2v) is 9.48. The third kappa shape index (κ3) is 6.21. The zero-order valence-electron chi connectivity index (χ0n) is 19.8. The smallest absolute Gasteiger partial charge is 0.320 e. The fraction of sp³-hybridized carbons (Fsp3) is 0.560. The monoisotopic (exact) mass is 451 g/mol. The molecule has 2 aromatic heterocycles. The first-order chi connectivity index (χ1) is 16.0. The third-order valence-electron chi connectivity index (χ3n) is 6.81. The minimum absolute atomic E-state index is 0.201. The van der Waals surface area contributed by atoms with Gasteiger partial charge in [0, 0.05) is 55.7 Å². The van der Waals surface area contributed by atoms with E-state index in [9.17, 15) is 4.79 Å². The number of hydrogen-bond acceptors (Lipinski definition) is 6. The Balaban J connectivity index is 1.41. The molecule has 2 aliphatic rings. The van der Waals surface area contributed by atoms with Crippen LogP contribution < -0.4 is 21.7 Å². The molecule has 1 aliphatic heterocycles. The Morgan fingerprint density at radius 3 is 2.61 bits per heavy atom. The van der Waals surface area contributed by atoms with Gasteiger partial charge in [0.25, 0.3) is 0 Å². The van der Waals surface area contributed by atoms with Gasteiger partial charge in [-0.1, -0.05) is 12.8 Å². The lowest BCUT2D eigenvalue weighted by molar-refractivity contribution is 0.166. The summed E-state index contributed by atoms with van der Waals surface area (Å²) in [7, 11) is 0. The van der Waals surface area contributed by atoms with Crippen LogP contribution in [0.5, 0.6) is 0 Å². The molecule has 2 amide bonds. The van der Waals surface area contributed by atoms with E-state index in [-0.39, 0.29) is 12.1 Å². The number of rotatable bonds is 7. The summed E-state index contributed by atoms with van der Waals surface area (Å²) >= 11 is 0. The lowest BCUT2D eigenvalue weighted by atomic mass is 10.0. The molecule has 4 rings (SSSR count). The highest BCUT2D eigenvalue weighted by molar-refractivity contribution is 5.90. The van der Waals surface area contributed by atoms with Crippen LogP contribution in [0.4, 0.5) is 10.6 Å². The summed E-state index contributed by atoms with van der Waals surface area (Å²) in [6.07, 6.45) is 10.6. The fourth-order valence-electron chi connectivity index (χ4n) is 4.72. The van der Waals surface area contributed by atoms with Crippen molar-refractivity contribution in [3.63, 3.8) is 0 Å². The number of anilines is 1. The maximum Gasteiger partial charge on any atom is 0.320 e. The largest absolute Gasteiger partial charge is 0.388 e. The number of urea groups is 1. The maximum atomic E-state index is 12.3. The molecule has 8 heteroatoms. The molecule has 178 valence electrons. The molecule has 1 aliphatic carbocycles. The first kappa shape index (κ1) is 23.4. The number of carbonyl (C=O) groups excluding carboxylic acids is 1. The van der Waals surface area contributed by atoms with Crippen LogP contribution in [-0.2, 0) is 0 Å². The number of nitrogens with two attached hydrogens (primary N) is 1. The minimum atomic E-state index is -0.201. The number of aromatic nitrogens is 2. The van der Waals surface area contributed by atoms with E-state index in [0.29, 0.717) is 24.4 Å². The van der Waals surface area contributed by atoms with Crippen LogP contribution in [0.2, 0.25) is 0 Å². The van der Waals surface area contributed by atoms with E-state index in [2.05, 4.69) is 44.7 Å². The number of hydrogen-bond donors (Lipinski definition) is 4. The first-order valence-corrected chi connectivity index (χ1v) is 12.3. The highest BCUT2D eigenvalue weighted by Crippen LogP contribution is 2.21. The molecule has 2 aromatic rings. The number of fused-ring (bicyclic) bond motifs is 1. The molecule has 1 saturated heterocycles. The SMILES string of the molecule is CC(C)N1CCC(N/C=C(\CN)c2cnc3ccc(NC(=O)NC4CCCC4)nc3c2)CC1. The van der Waals surface area contributed by atoms with E-state index in [1.54, 1.807) is 6.07 Å². The van der Waals surface area contributed by atoms with E-state index in [1.807, 2.05) is 24.5 Å². The topological polar surface area (TPSA) is 108 Å². The van der Waals surface area contributed by atoms with Crippen molar-refractivity contribution in [2.24, 2.45) is 5.73 Å². The molecule has 5 N–H and O–H groups in total. The molecule has 33 heavy (non-hydrogen) atoms. The van der Waals surface area contributed by atoms with E-state index < -0.39 is 0 Å². The molecular formula is C25H37N7O. The van der Waals surface area contributed by atoms with Gasteiger partial charge in [-0.2, -0.15) is 0 Å². The lowest BCUT2D eigenvalue weighted by Crippen LogP contribution is -2.43. The van der Waals surface area contributed by atoms with Gasteiger partial charge < -0.3 is 21.3 Å². The average molecular weight is 452 g/mol. The van der Waals surface area contributed by atoms with Gasteiger partial charge in [0.15, 0.2) is 0 Å². The van der Waals surface area contributed by atoms with Crippen LogP contribution in [0.3, 0.4) is 0 Å². The third-order valence-corrected chi connectivity index (χ3v) is 6.81. The minimum Gasteiger partial charge on any atom is -0.388 e. The highest BCUT2D eigenvalue weighted by Gasteiger charge is 2.20. The van der Waals surface area contributed by atoms with Gasteiger partial charge in [-0.05, 0) is 63.3 Å². The molecule has 0 unspecified atom stereocenters. The van der Waals surface area contributed by atoms with Crippen molar-refractivity contribution in [3.05, 3.63) is 36.2 Å². The van der Waals surface area contributed by atoms with Gasteiger partial charge in [-0.15, -0.1) is 0 Å². The highest BCUT2D eigenvalue weighted by atomic mass is 16.2. The summed E-state index contributed by atoms with van der Waals surface area (Å²) in [5, 5.41) is 9.46. The number of nitrogens with one attached hydrogen (secondary N) is 3. The Hall–Kier alpha value is -2.71. The second kappa shape index (κ2) is 10.9. The second-order valence-electron chi connectivity index (χ2n) is 9.48. The van der Waals surface area contributed by atoms with Crippen molar-refractivity contribution in [1.29, 1.82) is 0 Å². The van der Waals surface area contributed by atoms with Gasteiger partial charge in [0.1, 0.15) is 5.82 Å². The molecule has 0 atom stereocenters. The number of piperidine rings is 1. The molecule has 2 fully saturated rings. The Bertz CT molecular complexity index is 976. The number of carbonyl (C=O) groups is 1. The predicted molar refractivity (Wildman–Crippen MR) is 134 cm³/mol. The van der Waals surface area contributed by atoms with Crippen molar-refractivity contribution in [2.45, 2.75) is 70.5 Å². The number of likely N-dealkylation sites (tertiary alicyclic amines) is 1. The Kier molecular flexibility index (Phi) is 7.77. The first-order valence-electron chi connectivity index (χ1n) is 12.3. The summed E-state index contributed by atoms with van der Waals surface area (Å²) in [6, 6.07) is 6.78. The van der Waals surface area contributed by atoms with Crippen molar-refractivity contribution >= 4 is 28.5 Å². The standard InChI is InChI=1S/C25H37N7O/c1-17(2)32-11-9-20(10-12-32)27-16-19(14-26)18-13-23-22(28-15-18)7-8-24(30-23)31-25(33)29-21-5-3-4-6-21/h7-8,13,15-17,20-21,27H,3-6,9-12,14,26H2,1-2H3,(H2,29,30,31,33)/b19-16+. The molecule has 0 radical (unpaired) electrons. The Labute approximate surface area is 196 Å². The quantitative estimate of drug-likeness (QED) is 0.513. The van der Waals surface area contributed by atoms with Crippen molar-refractivity contribution in [1.82, 2.24) is 25.5 Å². The van der Waals surface area contributed by atoms with Crippen LogP contribution in [-0.4, -0.2) is 58.7 Å². The molecule has 0 bridgehead atoms. The summed E-state index contributed by atoms with van der Waals surface area (Å²) < 4.78 is 0. The zero-order chi connectivity index (χ0) is 23.2. The van der Waals surface area contributed by atoms with Crippen LogP contribution in [0.1, 0.15) is 57.9 Å². The van der Waals surface area contributed by atoms with Crippen LogP contribution >= 0.6 is 0 Å². The van der Waals surface area contributed by atoms with Gasteiger partial charge >= 0.3 is 6.03 Å². The molecule has 3 heterocycles. The van der Waals surface area contributed by atoms with Crippen molar-refractivity contribution in [3.8, 4) is 0 Å². The van der Waals surface area contributed by atoms with E-state index in [0.717, 1.165) is 60.9 Å². The summed E-state index contributed by atoms with van der Waals surface area (Å²) in [5.74, 6) is 0.519. The van der Waals surface area contributed by atoms with Gasteiger partial charge in [-0.3, -0.25) is 10.3 Å². The van der Waals surface area contributed by atoms with Crippen molar-refractivity contribution < 1.29 is 4.79 Å². The predicted octanol–water partition coefficient (Wildman–Crippen LogP) is 3.46. The summed E-state index contributed by atoms with van der Waals surface area (Å²) in [5.41, 5.74) is 9.52. The summed E-state index contributed by atoms with van der Waals surface area (Å²) in [4.78, 5) is 24.0. The lowest BCUT2D eigenvalue weighted by Gasteiger charge is -2.34. The fourth-order valence-corrected chi connectivity index (χ4v) is 4.72. The number of amides is 2. The normalized spacial score (nSPS) is 18.7. The van der Waals surface area contributed by atoms with Crippen molar-refractivity contribution in [2.75, 3.05) is 25.0 Å². The van der Waals surface area contributed by atoms with Gasteiger partial charge in [0.05, 0.1) is 11.0 Å². The maximum absolute atomic E-state index is 12.3. The van der Waals surface area contributed by atoms with Gasteiger partial charge in [0.2, 0.25) is 0 Å². The number of pyridine rings is 2.